The van der Waals surface area contributed by atoms with Crippen LogP contribution in [-0.2, 0) is 16.0 Å². The molecule has 1 aromatic rings. The van der Waals surface area contributed by atoms with E-state index in [1.54, 1.807) is 17.4 Å². The van der Waals surface area contributed by atoms with Crippen LogP contribution >= 0.6 is 0 Å². The van der Waals surface area contributed by atoms with Crippen LogP contribution in [0.4, 0.5) is 0 Å². The molecule has 2 rings (SSSR count). The van der Waals surface area contributed by atoms with Gasteiger partial charge in [-0.15, -0.1) is 0 Å². The molecular formula is C10H11NO3. The molecule has 4 nitrogen and oxygen atoms in total. The van der Waals surface area contributed by atoms with Crippen molar-refractivity contribution in [1.82, 2.24) is 4.90 Å². The molecule has 4 heteroatoms. The van der Waals surface area contributed by atoms with E-state index < -0.39 is 0 Å². The minimum absolute atomic E-state index is 0.0159. The van der Waals surface area contributed by atoms with Crippen molar-refractivity contribution in [1.29, 1.82) is 0 Å². The van der Waals surface area contributed by atoms with Crippen molar-refractivity contribution < 1.29 is 14.0 Å². The predicted octanol–water partition coefficient (Wildman–Crippen LogP) is 0.624. The summed E-state index contributed by atoms with van der Waals surface area (Å²) >= 11 is 0. The Labute approximate surface area is 81.5 Å². The first-order chi connectivity index (χ1) is 6.75. The number of ketones is 1. The molecule has 1 saturated heterocycles. The topological polar surface area (TPSA) is 50.5 Å². The van der Waals surface area contributed by atoms with E-state index in [4.69, 9.17) is 4.42 Å². The van der Waals surface area contributed by atoms with Crippen LogP contribution < -0.4 is 0 Å². The summed E-state index contributed by atoms with van der Waals surface area (Å²) in [7, 11) is 0. The van der Waals surface area contributed by atoms with Gasteiger partial charge in [-0.05, 0) is 18.1 Å². The van der Waals surface area contributed by atoms with Gasteiger partial charge in [0.2, 0.25) is 5.91 Å². The van der Waals surface area contributed by atoms with Crippen molar-refractivity contribution in [3.8, 4) is 0 Å². The number of furan rings is 1. The van der Waals surface area contributed by atoms with Crippen LogP contribution in [0.3, 0.4) is 0 Å². The fourth-order valence-electron chi connectivity index (χ4n) is 1.54. The smallest absolute Gasteiger partial charge is 0.230 e. The number of nitrogens with zero attached hydrogens (tertiary/aromatic N) is 1. The molecule has 0 atom stereocenters. The lowest BCUT2D eigenvalue weighted by molar-refractivity contribution is -0.127. The third-order valence-electron chi connectivity index (χ3n) is 2.32. The average molecular weight is 193 g/mol. The molecule has 1 amide bonds. The lowest BCUT2D eigenvalue weighted by Crippen LogP contribution is -2.27. The Hall–Kier alpha value is -1.58. The van der Waals surface area contributed by atoms with E-state index >= 15 is 0 Å². The average Bonchev–Trinajstić information content (AvgIpc) is 2.72. The molecule has 1 aliphatic rings. The van der Waals surface area contributed by atoms with Gasteiger partial charge >= 0.3 is 0 Å². The predicted molar refractivity (Wildman–Crippen MR) is 48.6 cm³/mol. The van der Waals surface area contributed by atoms with Gasteiger partial charge in [0.25, 0.3) is 0 Å². The van der Waals surface area contributed by atoms with Gasteiger partial charge in [0.05, 0.1) is 25.5 Å². The Kier molecular flexibility index (Phi) is 2.35. The number of carbonyl (C=O) groups excluding carboxylic acids is 2. The highest BCUT2D eigenvalue weighted by molar-refractivity contribution is 6.05. The molecule has 14 heavy (non-hydrogen) atoms. The lowest BCUT2D eigenvalue weighted by atomic mass is 10.2. The van der Waals surface area contributed by atoms with E-state index in [0.29, 0.717) is 6.54 Å². The molecule has 74 valence electrons. The first kappa shape index (κ1) is 8.99. The first-order valence-corrected chi connectivity index (χ1v) is 4.56. The van der Waals surface area contributed by atoms with Crippen LogP contribution in [0.25, 0.3) is 0 Å². The molecule has 0 aromatic carbocycles. The van der Waals surface area contributed by atoms with Crippen molar-refractivity contribution in [3.05, 3.63) is 24.2 Å². The van der Waals surface area contributed by atoms with Crippen molar-refractivity contribution in [2.75, 3.05) is 13.1 Å². The van der Waals surface area contributed by atoms with Crippen molar-refractivity contribution in [2.24, 2.45) is 0 Å². The summed E-state index contributed by atoms with van der Waals surface area (Å²) in [5.41, 5.74) is 1.05. The van der Waals surface area contributed by atoms with Gasteiger partial charge in [0, 0.05) is 6.54 Å². The highest BCUT2D eigenvalue weighted by Crippen LogP contribution is 2.08. The molecule has 1 aliphatic heterocycles. The lowest BCUT2D eigenvalue weighted by Gasteiger charge is -2.12. The van der Waals surface area contributed by atoms with E-state index in [1.165, 1.54) is 0 Å². The summed E-state index contributed by atoms with van der Waals surface area (Å²) in [6, 6.07) is 1.86. The minimum Gasteiger partial charge on any atom is -0.472 e. The minimum atomic E-state index is -0.0569. The van der Waals surface area contributed by atoms with Gasteiger partial charge in [0.15, 0.2) is 5.78 Å². The summed E-state index contributed by atoms with van der Waals surface area (Å²) in [4.78, 5) is 23.8. The molecule has 0 N–H and O–H groups in total. The fraction of sp³-hybridized carbons (Fsp3) is 0.400. The van der Waals surface area contributed by atoms with Crippen LogP contribution in [0.2, 0.25) is 0 Å². The molecule has 1 aromatic heterocycles. The third kappa shape index (κ3) is 1.84. The Bertz CT molecular complexity index is 342. The number of Topliss-reactive ketones (excluding diaryl/α,β-unsaturated/α-hetero) is 1. The van der Waals surface area contributed by atoms with Crippen LogP contribution in [0.15, 0.2) is 23.0 Å². The zero-order valence-electron chi connectivity index (χ0n) is 7.73. The molecule has 1 fully saturated rings. The standard InChI is InChI=1S/C10H11NO3/c12-9-5-10(13)11(6-9)3-1-8-2-4-14-7-8/h2,4,7H,1,3,5-6H2. The van der Waals surface area contributed by atoms with Crippen molar-refractivity contribution >= 4 is 11.7 Å². The summed E-state index contributed by atoms with van der Waals surface area (Å²) in [6.07, 6.45) is 4.08. The van der Waals surface area contributed by atoms with E-state index in [2.05, 4.69) is 0 Å². The number of hydrogen-bond acceptors (Lipinski definition) is 3. The Morgan fingerprint density at radius 3 is 2.86 bits per heavy atom. The monoisotopic (exact) mass is 193 g/mol. The molecule has 2 heterocycles. The van der Waals surface area contributed by atoms with E-state index in [-0.39, 0.29) is 24.7 Å². The normalized spacial score (nSPS) is 16.7. The Morgan fingerprint density at radius 2 is 2.29 bits per heavy atom. The maximum absolute atomic E-state index is 11.2. The molecule has 0 bridgehead atoms. The van der Waals surface area contributed by atoms with Crippen molar-refractivity contribution in [2.45, 2.75) is 12.8 Å². The quantitative estimate of drug-likeness (QED) is 0.661. The molecular weight excluding hydrogens is 182 g/mol. The van der Waals surface area contributed by atoms with Crippen LogP contribution in [-0.4, -0.2) is 29.7 Å². The summed E-state index contributed by atoms with van der Waals surface area (Å²) < 4.78 is 4.91. The molecule has 0 saturated carbocycles. The van der Waals surface area contributed by atoms with Crippen LogP contribution in [0.1, 0.15) is 12.0 Å². The second-order valence-electron chi connectivity index (χ2n) is 3.41. The van der Waals surface area contributed by atoms with E-state index in [1.807, 2.05) is 6.07 Å². The summed E-state index contributed by atoms with van der Waals surface area (Å²) in [6.45, 7) is 0.876. The summed E-state index contributed by atoms with van der Waals surface area (Å²) in [5.74, 6) is -0.0410. The second-order valence-corrected chi connectivity index (χ2v) is 3.41. The van der Waals surface area contributed by atoms with Crippen molar-refractivity contribution in [3.63, 3.8) is 0 Å². The molecule has 0 aliphatic carbocycles. The Balaban J connectivity index is 1.87. The van der Waals surface area contributed by atoms with Gasteiger partial charge in [0.1, 0.15) is 0 Å². The van der Waals surface area contributed by atoms with E-state index in [0.717, 1.165) is 12.0 Å². The number of amides is 1. The summed E-state index contributed by atoms with van der Waals surface area (Å²) in [5, 5.41) is 0. The number of hydrogen-bond donors (Lipinski definition) is 0. The highest BCUT2D eigenvalue weighted by atomic mass is 16.3. The maximum atomic E-state index is 11.2. The number of carbonyl (C=O) groups is 2. The van der Waals surface area contributed by atoms with Gasteiger partial charge in [-0.2, -0.15) is 0 Å². The SMILES string of the molecule is O=C1CC(=O)N(CCc2ccoc2)C1. The maximum Gasteiger partial charge on any atom is 0.230 e. The second kappa shape index (κ2) is 3.65. The van der Waals surface area contributed by atoms with Gasteiger partial charge < -0.3 is 9.32 Å². The van der Waals surface area contributed by atoms with Gasteiger partial charge in [-0.1, -0.05) is 0 Å². The number of rotatable bonds is 3. The highest BCUT2D eigenvalue weighted by Gasteiger charge is 2.26. The molecule has 0 spiro atoms. The largest absolute Gasteiger partial charge is 0.472 e. The zero-order chi connectivity index (χ0) is 9.97. The third-order valence-corrected chi connectivity index (χ3v) is 2.32. The number of likely N-dealkylation sites (tertiary alicyclic amines) is 1. The fourth-order valence-corrected chi connectivity index (χ4v) is 1.54. The molecule has 0 radical (unpaired) electrons. The van der Waals surface area contributed by atoms with Crippen LogP contribution in [0.5, 0.6) is 0 Å². The molecule has 0 unspecified atom stereocenters. The van der Waals surface area contributed by atoms with Gasteiger partial charge in [-0.3, -0.25) is 9.59 Å². The first-order valence-electron chi connectivity index (χ1n) is 4.56. The van der Waals surface area contributed by atoms with Gasteiger partial charge in [-0.25, -0.2) is 0 Å². The zero-order valence-corrected chi connectivity index (χ0v) is 7.73. The van der Waals surface area contributed by atoms with E-state index in [9.17, 15) is 9.59 Å². The Morgan fingerprint density at radius 1 is 1.43 bits per heavy atom. The van der Waals surface area contributed by atoms with Crippen LogP contribution in [0, 0.1) is 0 Å².